The molecule has 29 heavy (non-hydrogen) atoms. The number of hydrogen-bond acceptors (Lipinski definition) is 2. The highest BCUT2D eigenvalue weighted by atomic mass is 16.5. The number of nitrogens with zero attached hydrogens (tertiary/aromatic N) is 2. The molecule has 0 unspecified atom stereocenters. The predicted molar refractivity (Wildman–Crippen MR) is 119 cm³/mol. The van der Waals surface area contributed by atoms with Crippen molar-refractivity contribution in [3.8, 4) is 22.5 Å². The van der Waals surface area contributed by atoms with Gasteiger partial charge in [0.1, 0.15) is 0 Å². The lowest BCUT2D eigenvalue weighted by Gasteiger charge is -2.07. The Kier molecular flexibility index (Phi) is 6.40. The van der Waals surface area contributed by atoms with E-state index in [1.165, 1.54) is 22.9 Å². The Morgan fingerprint density at radius 1 is 0.690 bits per heavy atom. The minimum absolute atomic E-state index is 0.737. The van der Waals surface area contributed by atoms with Crippen LogP contribution >= 0.6 is 0 Å². The first-order valence-electron chi connectivity index (χ1n) is 9.70. The second-order valence-corrected chi connectivity index (χ2v) is 7.27. The summed E-state index contributed by atoms with van der Waals surface area (Å²) >= 11 is 0. The summed E-state index contributed by atoms with van der Waals surface area (Å²) in [6, 6.07) is 24.2. The van der Waals surface area contributed by atoms with Gasteiger partial charge in [0.2, 0.25) is 5.69 Å². The quantitative estimate of drug-likeness (QED) is 0.316. The smallest absolute Gasteiger partial charge is 0.226 e. The maximum atomic E-state index is 11.7. The summed E-state index contributed by atoms with van der Waals surface area (Å²) in [7, 11) is 0. The Morgan fingerprint density at radius 3 is 1.93 bits per heavy atom. The molecule has 2 heterocycles. The fraction of sp³-hybridized carbons (Fsp3) is 0.154. The van der Waals surface area contributed by atoms with Gasteiger partial charge in [-0.2, -0.15) is 4.73 Å². The van der Waals surface area contributed by atoms with Crippen LogP contribution in [0.5, 0.6) is 0 Å². The van der Waals surface area contributed by atoms with Gasteiger partial charge in [-0.3, -0.25) is 4.98 Å². The van der Waals surface area contributed by atoms with Crippen LogP contribution in [0.2, 0.25) is 0 Å². The van der Waals surface area contributed by atoms with Gasteiger partial charge < -0.3 is 5.21 Å². The standard InChI is InChI=1S/C13H13NO.C13H13N/c1-10-5-3-7-12(9-10)13-11(2)6-4-8-14(13)15;1-10-5-3-7-12(9-10)13-11(2)6-4-8-14-13/h3-9H,1-2H3;3-9H,1-2H3. The minimum atomic E-state index is 0.737. The van der Waals surface area contributed by atoms with E-state index in [4.69, 9.17) is 0 Å². The third-order valence-corrected chi connectivity index (χ3v) is 4.75. The minimum Gasteiger partial charge on any atom is -0.618 e. The van der Waals surface area contributed by atoms with Crippen LogP contribution in [0.1, 0.15) is 22.3 Å². The molecule has 4 aromatic rings. The summed E-state index contributed by atoms with van der Waals surface area (Å²) in [5.74, 6) is 0. The van der Waals surface area contributed by atoms with E-state index in [-0.39, 0.29) is 0 Å². The molecule has 0 amide bonds. The Bertz CT molecular complexity index is 1100. The van der Waals surface area contributed by atoms with Crippen molar-refractivity contribution in [2.45, 2.75) is 27.7 Å². The van der Waals surface area contributed by atoms with Gasteiger partial charge in [0.05, 0.1) is 5.69 Å². The molecule has 0 radical (unpaired) electrons. The zero-order valence-corrected chi connectivity index (χ0v) is 17.4. The summed E-state index contributed by atoms with van der Waals surface area (Å²) in [6.45, 7) is 8.16. The number of aromatic nitrogens is 2. The molecule has 2 aromatic carbocycles. The first-order chi connectivity index (χ1) is 14.0. The molecule has 0 atom stereocenters. The van der Waals surface area contributed by atoms with Crippen LogP contribution in [0, 0.1) is 32.9 Å². The van der Waals surface area contributed by atoms with Crippen molar-refractivity contribution in [2.75, 3.05) is 0 Å². The molecule has 0 aliphatic heterocycles. The molecule has 0 spiro atoms. The molecule has 2 aromatic heterocycles. The summed E-state index contributed by atoms with van der Waals surface area (Å²) in [5.41, 5.74) is 8.64. The van der Waals surface area contributed by atoms with Crippen molar-refractivity contribution in [2.24, 2.45) is 0 Å². The zero-order chi connectivity index (χ0) is 20.8. The Balaban J connectivity index is 0.000000166. The number of hydrogen-bond donors (Lipinski definition) is 0. The van der Waals surface area contributed by atoms with Crippen LogP contribution < -0.4 is 4.73 Å². The molecule has 0 N–H and O–H groups in total. The Morgan fingerprint density at radius 2 is 1.31 bits per heavy atom. The monoisotopic (exact) mass is 382 g/mol. The predicted octanol–water partition coefficient (Wildman–Crippen LogP) is 5.97. The molecule has 3 nitrogen and oxygen atoms in total. The van der Waals surface area contributed by atoms with E-state index in [9.17, 15) is 5.21 Å². The second-order valence-electron chi connectivity index (χ2n) is 7.27. The summed E-state index contributed by atoms with van der Waals surface area (Å²) in [5, 5.41) is 11.7. The first kappa shape index (κ1) is 20.3. The highest BCUT2D eigenvalue weighted by Crippen LogP contribution is 2.21. The number of pyridine rings is 2. The van der Waals surface area contributed by atoms with E-state index < -0.39 is 0 Å². The van der Waals surface area contributed by atoms with Gasteiger partial charge in [-0.05, 0) is 63.6 Å². The van der Waals surface area contributed by atoms with Crippen LogP contribution in [-0.4, -0.2) is 4.98 Å². The summed E-state index contributed by atoms with van der Waals surface area (Å²) in [6.07, 6.45) is 3.37. The van der Waals surface area contributed by atoms with E-state index in [0.29, 0.717) is 0 Å². The van der Waals surface area contributed by atoms with Crippen molar-refractivity contribution in [1.29, 1.82) is 0 Å². The molecule has 146 valence electrons. The SMILES string of the molecule is Cc1cccc(-c2c(C)ccc[n+]2[O-])c1.Cc1cccc(-c2ncccc2C)c1. The van der Waals surface area contributed by atoms with Gasteiger partial charge in [0.15, 0.2) is 6.20 Å². The second kappa shape index (κ2) is 9.16. The summed E-state index contributed by atoms with van der Waals surface area (Å²) in [4.78, 5) is 4.39. The maximum Gasteiger partial charge on any atom is 0.226 e. The Labute approximate surface area is 172 Å². The van der Waals surface area contributed by atoms with E-state index in [2.05, 4.69) is 49.2 Å². The molecule has 0 aliphatic rings. The topological polar surface area (TPSA) is 39.8 Å². The molecule has 3 heteroatoms. The van der Waals surface area contributed by atoms with Gasteiger partial charge in [-0.15, -0.1) is 0 Å². The average molecular weight is 383 g/mol. The number of benzene rings is 2. The lowest BCUT2D eigenvalue weighted by molar-refractivity contribution is -0.594. The van der Waals surface area contributed by atoms with Crippen LogP contribution in [0.25, 0.3) is 22.5 Å². The molecular formula is C26H26N2O. The van der Waals surface area contributed by atoms with E-state index in [0.717, 1.165) is 32.8 Å². The normalized spacial score (nSPS) is 10.2. The van der Waals surface area contributed by atoms with Crippen molar-refractivity contribution < 1.29 is 4.73 Å². The van der Waals surface area contributed by atoms with Crippen LogP contribution in [0.4, 0.5) is 0 Å². The lowest BCUT2D eigenvalue weighted by Crippen LogP contribution is -2.29. The van der Waals surface area contributed by atoms with Crippen molar-refractivity contribution >= 4 is 0 Å². The molecule has 0 bridgehead atoms. The third kappa shape index (κ3) is 5.08. The molecular weight excluding hydrogens is 356 g/mol. The molecule has 0 fully saturated rings. The van der Waals surface area contributed by atoms with Crippen LogP contribution in [-0.2, 0) is 0 Å². The molecule has 4 rings (SSSR count). The van der Waals surface area contributed by atoms with E-state index >= 15 is 0 Å². The number of aryl methyl sites for hydroxylation is 4. The van der Waals surface area contributed by atoms with Gasteiger partial charge in [-0.25, -0.2) is 0 Å². The zero-order valence-electron chi connectivity index (χ0n) is 17.4. The highest BCUT2D eigenvalue weighted by molar-refractivity contribution is 5.63. The third-order valence-electron chi connectivity index (χ3n) is 4.75. The molecule has 0 aliphatic carbocycles. The average Bonchev–Trinajstić information content (AvgIpc) is 2.69. The summed E-state index contributed by atoms with van der Waals surface area (Å²) < 4.78 is 0.921. The van der Waals surface area contributed by atoms with Crippen molar-refractivity contribution in [1.82, 2.24) is 4.98 Å². The van der Waals surface area contributed by atoms with Crippen LogP contribution in [0.15, 0.2) is 85.2 Å². The van der Waals surface area contributed by atoms with E-state index in [1.54, 1.807) is 6.07 Å². The van der Waals surface area contributed by atoms with Gasteiger partial charge in [-0.1, -0.05) is 47.5 Å². The molecule has 0 saturated heterocycles. The largest absolute Gasteiger partial charge is 0.618 e. The molecule has 0 saturated carbocycles. The fourth-order valence-electron chi connectivity index (χ4n) is 3.32. The maximum absolute atomic E-state index is 11.7. The van der Waals surface area contributed by atoms with E-state index in [1.807, 2.05) is 56.4 Å². The fourth-order valence-corrected chi connectivity index (χ4v) is 3.32. The van der Waals surface area contributed by atoms with Gasteiger partial charge in [0, 0.05) is 29.0 Å². The van der Waals surface area contributed by atoms with Gasteiger partial charge >= 0.3 is 0 Å². The first-order valence-corrected chi connectivity index (χ1v) is 9.70. The number of rotatable bonds is 2. The van der Waals surface area contributed by atoms with Gasteiger partial charge in [0.25, 0.3) is 0 Å². The van der Waals surface area contributed by atoms with Crippen molar-refractivity contribution in [3.63, 3.8) is 0 Å². The van der Waals surface area contributed by atoms with Crippen molar-refractivity contribution in [3.05, 3.63) is 113 Å². The lowest BCUT2D eigenvalue weighted by atomic mass is 10.0. The van der Waals surface area contributed by atoms with Crippen LogP contribution in [0.3, 0.4) is 0 Å². The Hall–Kier alpha value is -3.46. The highest BCUT2D eigenvalue weighted by Gasteiger charge is 2.11.